The van der Waals surface area contributed by atoms with Crippen molar-refractivity contribution in [3.05, 3.63) is 129 Å². The number of hydrogen-bond acceptors (Lipinski definition) is 12. The van der Waals surface area contributed by atoms with E-state index < -0.39 is 91.3 Å². The number of piperazine rings is 1. The van der Waals surface area contributed by atoms with Gasteiger partial charge >= 0.3 is 5.97 Å². The second kappa shape index (κ2) is 13.4. The first kappa shape index (κ1) is 36.6. The number of phenolic OH excluding ortho intramolecular Hbond substituents is 2. The lowest BCUT2D eigenvalue weighted by atomic mass is 9.92. The molecule has 6 aromatic carbocycles. The molecule has 1 aliphatic heterocycles. The summed E-state index contributed by atoms with van der Waals surface area (Å²) < 4.78 is 11.9. The van der Waals surface area contributed by atoms with Crippen molar-refractivity contribution in [3.8, 4) is 17.2 Å². The average molecular weight is 770 g/mol. The lowest BCUT2D eigenvalue weighted by molar-refractivity contribution is -0.156. The number of rotatable bonds is 6. The lowest BCUT2D eigenvalue weighted by Crippen LogP contribution is -2.63. The van der Waals surface area contributed by atoms with Gasteiger partial charge in [0.25, 0.3) is 5.56 Å². The fourth-order valence-electron chi connectivity index (χ4n) is 7.81. The van der Waals surface area contributed by atoms with E-state index in [0.29, 0.717) is 5.56 Å². The number of amides is 2. The van der Waals surface area contributed by atoms with Crippen molar-refractivity contribution in [1.29, 1.82) is 0 Å². The van der Waals surface area contributed by atoms with Gasteiger partial charge in [-0.1, -0.05) is 42.5 Å². The fraction of sp³-hybridized carbons (Fsp3) is 0.190. The van der Waals surface area contributed by atoms with E-state index in [4.69, 9.17) is 9.47 Å². The predicted molar refractivity (Wildman–Crippen MR) is 210 cm³/mol. The number of esters is 1. The van der Waals surface area contributed by atoms with Gasteiger partial charge in [-0.25, -0.2) is 4.79 Å². The van der Waals surface area contributed by atoms with Crippen LogP contribution < -0.4 is 37.3 Å². The van der Waals surface area contributed by atoms with E-state index in [9.17, 15) is 48.6 Å². The van der Waals surface area contributed by atoms with Crippen LogP contribution in [0.5, 0.6) is 17.2 Å². The topological polar surface area (TPSA) is 216 Å². The number of aryl methyl sites for hydroxylation is 1. The molecular formula is C42H31N3O12. The largest absolute Gasteiger partial charge is 0.507 e. The van der Waals surface area contributed by atoms with Crippen LogP contribution in [0.25, 0.3) is 53.9 Å². The predicted octanol–water partition coefficient (Wildman–Crippen LogP) is 2.12. The van der Waals surface area contributed by atoms with Gasteiger partial charge in [0.2, 0.25) is 22.7 Å². The standard InChI is InChI=1S/C42H31N3O12/c1-18-14-24-31(41(54)44(18)16-27(47)45-15-25(43-40(53)19(45)2)42(55)57-17-20-8-5-4-6-9-20)37(51)29-22(34(24)48)12-13-23-30(29)38(52)32-33(39(23)56-3)36(50)28-21(35(32)49)10-7-11-26(28)46/h4-14,19,25,46,52H,15-17H2,1-3H3,(H,43,53). The van der Waals surface area contributed by atoms with Crippen LogP contribution in [0.4, 0.5) is 0 Å². The number of benzene rings is 6. The Morgan fingerprint density at radius 1 is 0.754 bits per heavy atom. The molecule has 0 spiro atoms. The third kappa shape index (κ3) is 5.49. The number of methoxy groups -OCH3 is 1. The molecule has 15 heteroatoms. The van der Waals surface area contributed by atoms with E-state index in [1.54, 1.807) is 30.3 Å². The van der Waals surface area contributed by atoms with Crippen molar-refractivity contribution >= 4 is 71.6 Å². The zero-order valence-electron chi connectivity index (χ0n) is 30.5. The van der Waals surface area contributed by atoms with Gasteiger partial charge in [0, 0.05) is 38.0 Å². The number of hydrogen-bond donors (Lipinski definition) is 3. The molecule has 1 aliphatic rings. The Bertz CT molecular complexity index is 3220. The molecule has 0 bridgehead atoms. The highest BCUT2D eigenvalue weighted by atomic mass is 16.5. The molecule has 0 aliphatic carbocycles. The Morgan fingerprint density at radius 3 is 2.16 bits per heavy atom. The lowest BCUT2D eigenvalue weighted by Gasteiger charge is -2.37. The summed E-state index contributed by atoms with van der Waals surface area (Å²) in [4.78, 5) is 111. The number of aromatic hydroxyl groups is 2. The second-order valence-electron chi connectivity index (χ2n) is 13.9. The van der Waals surface area contributed by atoms with Gasteiger partial charge in [-0.15, -0.1) is 0 Å². The summed E-state index contributed by atoms with van der Waals surface area (Å²) >= 11 is 0. The third-order valence-electron chi connectivity index (χ3n) is 10.7. The number of aromatic nitrogens is 1. The molecule has 15 nitrogen and oxygen atoms in total. The monoisotopic (exact) mass is 769 g/mol. The zero-order chi connectivity index (χ0) is 40.6. The van der Waals surface area contributed by atoms with Gasteiger partial charge in [0.05, 0.1) is 35.2 Å². The van der Waals surface area contributed by atoms with Crippen LogP contribution in [0.15, 0.2) is 90.7 Å². The molecule has 2 atom stereocenters. The Balaban J connectivity index is 1.26. The van der Waals surface area contributed by atoms with Crippen LogP contribution >= 0.6 is 0 Å². The van der Waals surface area contributed by atoms with E-state index >= 15 is 0 Å². The normalized spacial score (nSPS) is 15.8. The highest BCUT2D eigenvalue weighted by Crippen LogP contribution is 2.43. The summed E-state index contributed by atoms with van der Waals surface area (Å²) in [6, 6.07) is 14.4. The van der Waals surface area contributed by atoms with Gasteiger partial charge in [0.15, 0.2) is 10.9 Å². The maximum absolute atomic E-state index is 14.5. The van der Waals surface area contributed by atoms with Crippen LogP contribution in [-0.4, -0.2) is 63.2 Å². The Kier molecular flexibility index (Phi) is 8.60. The average Bonchev–Trinajstić information content (AvgIpc) is 3.20. The molecule has 2 unspecified atom stereocenters. The van der Waals surface area contributed by atoms with Gasteiger partial charge < -0.3 is 34.5 Å². The summed E-state index contributed by atoms with van der Waals surface area (Å²) in [5.74, 6) is -3.65. The number of pyridine rings is 1. The molecule has 57 heavy (non-hydrogen) atoms. The minimum Gasteiger partial charge on any atom is -0.507 e. The molecule has 1 saturated heterocycles. The maximum Gasteiger partial charge on any atom is 0.330 e. The Labute approximate surface area is 319 Å². The number of carbonyl (C=O) groups excluding carboxylic acids is 3. The summed E-state index contributed by atoms with van der Waals surface area (Å²) in [6.45, 7) is 1.89. The van der Waals surface area contributed by atoms with Gasteiger partial charge in [-0.3, -0.25) is 33.6 Å². The highest BCUT2D eigenvalue weighted by Gasteiger charge is 2.38. The van der Waals surface area contributed by atoms with Crippen molar-refractivity contribution in [3.63, 3.8) is 0 Å². The quantitative estimate of drug-likeness (QED) is 0.126. The zero-order valence-corrected chi connectivity index (χ0v) is 30.5. The van der Waals surface area contributed by atoms with Crippen LogP contribution in [-0.2, 0) is 32.3 Å². The fourth-order valence-corrected chi connectivity index (χ4v) is 7.81. The SMILES string of the molecule is COc1c2ccc3c(=O)c4cc(C)n(CC(=O)N5CC(C(=O)OCc6ccccc6)NC(=O)C5C)c(=O)c4c(=O)c3c2c(O)c2c(=O)c3cccc(O)c3c(=O)c12. The van der Waals surface area contributed by atoms with Gasteiger partial charge in [-0.2, -0.15) is 0 Å². The maximum atomic E-state index is 14.5. The van der Waals surface area contributed by atoms with E-state index in [0.717, 1.165) is 9.47 Å². The number of ether oxygens (including phenoxy) is 2. The van der Waals surface area contributed by atoms with E-state index in [-0.39, 0.29) is 62.3 Å². The van der Waals surface area contributed by atoms with E-state index in [1.165, 1.54) is 57.4 Å². The van der Waals surface area contributed by atoms with Crippen molar-refractivity contribution in [1.82, 2.24) is 14.8 Å². The number of carbonyl (C=O) groups is 3. The molecule has 1 aromatic heterocycles. The third-order valence-corrected chi connectivity index (χ3v) is 10.7. The first-order chi connectivity index (χ1) is 27.2. The van der Waals surface area contributed by atoms with E-state index in [2.05, 4.69) is 5.32 Å². The number of phenols is 2. The number of nitrogens with one attached hydrogen (secondary N) is 1. The van der Waals surface area contributed by atoms with E-state index in [1.807, 2.05) is 0 Å². The summed E-state index contributed by atoms with van der Waals surface area (Å²) in [5, 5.41) is 21.6. The summed E-state index contributed by atoms with van der Waals surface area (Å²) in [5.41, 5.74) is -3.62. The van der Waals surface area contributed by atoms with Crippen molar-refractivity contribution in [2.75, 3.05) is 13.7 Å². The Hall–Kier alpha value is -7.42. The van der Waals surface area contributed by atoms with Crippen LogP contribution in [0.3, 0.4) is 0 Å². The first-order valence-electron chi connectivity index (χ1n) is 17.7. The minimum atomic E-state index is -1.21. The van der Waals surface area contributed by atoms with Crippen molar-refractivity contribution in [2.24, 2.45) is 0 Å². The smallest absolute Gasteiger partial charge is 0.330 e. The first-order valence-corrected chi connectivity index (χ1v) is 17.7. The molecule has 1 fully saturated rings. The van der Waals surface area contributed by atoms with Gasteiger partial charge in [-0.05, 0) is 43.7 Å². The molecular weight excluding hydrogens is 738 g/mol. The second-order valence-corrected chi connectivity index (χ2v) is 13.9. The molecule has 7 aromatic rings. The number of fused-ring (bicyclic) bond motifs is 6. The molecule has 2 heterocycles. The molecule has 286 valence electrons. The van der Waals surface area contributed by atoms with Crippen LogP contribution in [0.2, 0.25) is 0 Å². The van der Waals surface area contributed by atoms with Crippen molar-refractivity contribution < 1.29 is 34.1 Å². The molecule has 0 saturated carbocycles. The minimum absolute atomic E-state index is 0.0334. The highest BCUT2D eigenvalue weighted by molar-refractivity contribution is 6.23. The van der Waals surface area contributed by atoms with Crippen molar-refractivity contribution in [2.45, 2.75) is 39.1 Å². The van der Waals surface area contributed by atoms with Crippen LogP contribution in [0.1, 0.15) is 18.2 Å². The molecule has 2 amide bonds. The Morgan fingerprint density at radius 2 is 1.44 bits per heavy atom. The summed E-state index contributed by atoms with van der Waals surface area (Å²) in [6.07, 6.45) is 0. The summed E-state index contributed by atoms with van der Waals surface area (Å²) in [7, 11) is 1.20. The van der Waals surface area contributed by atoms with Crippen LogP contribution in [0, 0.1) is 6.92 Å². The van der Waals surface area contributed by atoms with Gasteiger partial charge in [0.1, 0.15) is 42.5 Å². The molecule has 0 radical (unpaired) electrons. The molecule has 8 rings (SSSR count). The number of nitrogens with zero attached hydrogens (tertiary/aromatic N) is 2. The molecule has 3 N–H and O–H groups in total.